The highest BCUT2D eigenvalue weighted by Gasteiger charge is 2.04. The summed E-state index contributed by atoms with van der Waals surface area (Å²) in [6.07, 6.45) is 1.64. The number of nitrogens with one attached hydrogen (secondary N) is 1. The molecule has 19 heavy (non-hydrogen) atoms. The van der Waals surface area contributed by atoms with Crippen LogP contribution in [-0.2, 0) is 0 Å². The van der Waals surface area contributed by atoms with E-state index in [1.165, 1.54) is 0 Å². The van der Waals surface area contributed by atoms with Gasteiger partial charge in [-0.3, -0.25) is 15.7 Å². The quantitative estimate of drug-likeness (QED) is 0.607. The normalized spacial score (nSPS) is 10.6. The summed E-state index contributed by atoms with van der Waals surface area (Å²) in [6, 6.07) is 9.99. The van der Waals surface area contributed by atoms with Gasteiger partial charge >= 0.3 is 0 Å². The Bertz CT molecular complexity index is 728. The third-order valence-corrected chi connectivity index (χ3v) is 2.68. The van der Waals surface area contributed by atoms with Gasteiger partial charge in [-0.1, -0.05) is 0 Å². The number of pyridine rings is 1. The molecule has 0 aliphatic carbocycles. The van der Waals surface area contributed by atoms with Crippen molar-refractivity contribution in [1.82, 2.24) is 15.0 Å². The van der Waals surface area contributed by atoms with E-state index in [9.17, 15) is 5.11 Å². The maximum atomic E-state index is 9.26. The van der Waals surface area contributed by atoms with Crippen LogP contribution >= 0.6 is 0 Å². The Kier molecular flexibility index (Phi) is 2.70. The molecule has 0 saturated carbocycles. The van der Waals surface area contributed by atoms with E-state index in [-0.39, 0.29) is 5.75 Å². The molecular weight excluding hydrogens is 244 g/mol. The third kappa shape index (κ3) is 2.16. The fraction of sp³-hybridized carbons (Fsp3) is 0. The molecule has 3 N–H and O–H groups in total. The maximum Gasteiger partial charge on any atom is 0.180 e. The van der Waals surface area contributed by atoms with Gasteiger partial charge in [0, 0.05) is 5.56 Å². The van der Waals surface area contributed by atoms with Crippen molar-refractivity contribution in [3.63, 3.8) is 0 Å². The zero-order valence-electron chi connectivity index (χ0n) is 9.78. The number of hydrogen-bond donors (Lipinski definition) is 3. The number of aromatic hydroxyl groups is 1. The highest BCUT2D eigenvalue weighted by Crippen LogP contribution is 2.21. The summed E-state index contributed by atoms with van der Waals surface area (Å²) in [6.45, 7) is 0. The molecule has 2 aromatic heterocycles. The predicted octanol–water partition coefficient (Wildman–Crippen LogP) is 2.20. The number of aromatic nitrogens is 3. The van der Waals surface area contributed by atoms with E-state index >= 15 is 0 Å². The molecule has 0 aliphatic heterocycles. The predicted molar refractivity (Wildman–Crippen MR) is 69.8 cm³/mol. The van der Waals surface area contributed by atoms with Gasteiger partial charge in [0.1, 0.15) is 11.3 Å². The number of anilines is 1. The van der Waals surface area contributed by atoms with Crippen LogP contribution < -0.4 is 5.48 Å². The molecule has 1 aromatic carbocycles. The molecule has 0 atom stereocenters. The summed E-state index contributed by atoms with van der Waals surface area (Å²) < 4.78 is 0. The van der Waals surface area contributed by atoms with Crippen molar-refractivity contribution in [2.45, 2.75) is 0 Å². The van der Waals surface area contributed by atoms with Gasteiger partial charge in [0.05, 0.1) is 11.9 Å². The van der Waals surface area contributed by atoms with Crippen LogP contribution in [0.2, 0.25) is 0 Å². The van der Waals surface area contributed by atoms with Gasteiger partial charge in [0.2, 0.25) is 0 Å². The van der Waals surface area contributed by atoms with Gasteiger partial charge in [-0.25, -0.2) is 9.97 Å². The Morgan fingerprint density at radius 1 is 0.947 bits per heavy atom. The number of fused-ring (bicyclic) bond motifs is 1. The zero-order valence-corrected chi connectivity index (χ0v) is 9.78. The molecule has 0 spiro atoms. The first-order chi connectivity index (χ1) is 9.26. The topological polar surface area (TPSA) is 91.2 Å². The standard InChI is InChI=1S/C13H10N4O2/c18-9-3-1-8(2-4-9)11-7-14-10-5-6-12(17-19)16-13(10)15-11/h1-7,18-19H,(H,15,16,17). The lowest BCUT2D eigenvalue weighted by Gasteiger charge is -2.03. The van der Waals surface area contributed by atoms with Gasteiger partial charge in [-0.15, -0.1) is 0 Å². The molecule has 3 aromatic rings. The van der Waals surface area contributed by atoms with Gasteiger partial charge in [0.15, 0.2) is 11.5 Å². The van der Waals surface area contributed by atoms with Crippen molar-refractivity contribution < 1.29 is 10.3 Å². The van der Waals surface area contributed by atoms with Crippen molar-refractivity contribution in [2.24, 2.45) is 0 Å². The average Bonchev–Trinajstić information content (AvgIpc) is 2.47. The molecule has 94 valence electrons. The van der Waals surface area contributed by atoms with E-state index in [0.717, 1.165) is 5.56 Å². The molecule has 2 heterocycles. The fourth-order valence-electron chi connectivity index (χ4n) is 1.73. The number of hydrogen-bond acceptors (Lipinski definition) is 6. The molecule has 3 rings (SSSR count). The zero-order chi connectivity index (χ0) is 13.2. The van der Waals surface area contributed by atoms with E-state index in [1.54, 1.807) is 42.6 Å². The molecule has 0 saturated heterocycles. The molecule has 0 unspecified atom stereocenters. The molecule has 0 amide bonds. The summed E-state index contributed by atoms with van der Waals surface area (Å²) in [5, 5.41) is 18.1. The van der Waals surface area contributed by atoms with E-state index in [0.29, 0.717) is 22.7 Å². The van der Waals surface area contributed by atoms with Crippen LogP contribution in [0.25, 0.3) is 22.4 Å². The Balaban J connectivity index is 2.12. The van der Waals surface area contributed by atoms with Crippen LogP contribution in [0.4, 0.5) is 5.82 Å². The third-order valence-electron chi connectivity index (χ3n) is 2.68. The monoisotopic (exact) mass is 254 g/mol. The summed E-state index contributed by atoms with van der Waals surface area (Å²) in [5.41, 5.74) is 4.53. The van der Waals surface area contributed by atoms with Crippen LogP contribution in [0.3, 0.4) is 0 Å². The minimum Gasteiger partial charge on any atom is -0.508 e. The Morgan fingerprint density at radius 3 is 2.47 bits per heavy atom. The average molecular weight is 254 g/mol. The largest absolute Gasteiger partial charge is 0.508 e. The highest BCUT2D eigenvalue weighted by molar-refractivity contribution is 5.75. The Labute approximate surface area is 108 Å². The molecule has 0 aliphatic rings. The van der Waals surface area contributed by atoms with Crippen LogP contribution in [0.1, 0.15) is 0 Å². The number of phenols is 1. The molecular formula is C13H10N4O2. The van der Waals surface area contributed by atoms with Crippen LogP contribution in [0.15, 0.2) is 42.6 Å². The Hall–Kier alpha value is -2.73. The highest BCUT2D eigenvalue weighted by atomic mass is 16.5. The summed E-state index contributed by atoms with van der Waals surface area (Å²) >= 11 is 0. The van der Waals surface area contributed by atoms with E-state index < -0.39 is 0 Å². The lowest BCUT2D eigenvalue weighted by Crippen LogP contribution is -1.96. The van der Waals surface area contributed by atoms with Gasteiger partial charge in [0.25, 0.3) is 0 Å². The molecule has 0 radical (unpaired) electrons. The van der Waals surface area contributed by atoms with Crippen molar-refractivity contribution in [3.8, 4) is 17.0 Å². The second kappa shape index (κ2) is 4.51. The maximum absolute atomic E-state index is 9.26. The van der Waals surface area contributed by atoms with Crippen molar-refractivity contribution >= 4 is 17.0 Å². The second-order valence-corrected chi connectivity index (χ2v) is 3.95. The van der Waals surface area contributed by atoms with E-state index in [1.807, 2.05) is 5.48 Å². The summed E-state index contributed by atoms with van der Waals surface area (Å²) in [4.78, 5) is 12.7. The van der Waals surface area contributed by atoms with Gasteiger partial charge in [-0.05, 0) is 36.4 Å². The van der Waals surface area contributed by atoms with Crippen molar-refractivity contribution in [1.29, 1.82) is 0 Å². The first-order valence-corrected chi connectivity index (χ1v) is 5.59. The molecule has 0 fully saturated rings. The van der Waals surface area contributed by atoms with Gasteiger partial charge in [-0.2, -0.15) is 0 Å². The van der Waals surface area contributed by atoms with Crippen LogP contribution in [-0.4, -0.2) is 25.3 Å². The van der Waals surface area contributed by atoms with Gasteiger partial charge < -0.3 is 5.11 Å². The minimum absolute atomic E-state index is 0.197. The van der Waals surface area contributed by atoms with Crippen LogP contribution in [0, 0.1) is 0 Å². The van der Waals surface area contributed by atoms with E-state index in [4.69, 9.17) is 5.21 Å². The van der Waals surface area contributed by atoms with Crippen molar-refractivity contribution in [3.05, 3.63) is 42.6 Å². The van der Waals surface area contributed by atoms with E-state index in [2.05, 4.69) is 15.0 Å². The number of benzene rings is 1. The Morgan fingerprint density at radius 2 is 1.74 bits per heavy atom. The molecule has 0 bridgehead atoms. The lowest BCUT2D eigenvalue weighted by atomic mass is 10.1. The fourth-order valence-corrected chi connectivity index (χ4v) is 1.73. The molecule has 6 heteroatoms. The number of nitrogens with zero attached hydrogens (tertiary/aromatic N) is 3. The number of rotatable bonds is 2. The smallest absolute Gasteiger partial charge is 0.180 e. The summed E-state index contributed by atoms with van der Waals surface area (Å²) in [5.74, 6) is 0.507. The second-order valence-electron chi connectivity index (χ2n) is 3.95. The van der Waals surface area contributed by atoms with Crippen LogP contribution in [0.5, 0.6) is 5.75 Å². The molecule has 6 nitrogen and oxygen atoms in total. The SMILES string of the molecule is ONc1ccc2ncc(-c3ccc(O)cc3)nc2n1. The first-order valence-electron chi connectivity index (χ1n) is 5.59. The summed E-state index contributed by atoms with van der Waals surface area (Å²) in [7, 11) is 0. The lowest BCUT2D eigenvalue weighted by molar-refractivity contribution is 0.386. The first kappa shape index (κ1) is 11.4. The van der Waals surface area contributed by atoms with Crippen molar-refractivity contribution in [2.75, 3.05) is 5.48 Å². The number of phenolic OH excluding ortho intramolecular Hbond substituents is 1. The minimum atomic E-state index is 0.197.